The summed E-state index contributed by atoms with van der Waals surface area (Å²) < 4.78 is 16.4. The molecule has 2 atom stereocenters. The number of ether oxygens (including phenoxy) is 2. The lowest BCUT2D eigenvalue weighted by molar-refractivity contribution is -0.134. The normalized spacial score (nSPS) is 26.3. The Labute approximate surface area is 160 Å². The van der Waals surface area contributed by atoms with Crippen LogP contribution in [0.4, 0.5) is 0 Å². The largest absolute Gasteiger partial charge is 0.456 e. The molecule has 2 aliphatic rings. The summed E-state index contributed by atoms with van der Waals surface area (Å²) in [7, 11) is 5.63. The number of hydrogen-bond donors (Lipinski definition) is 0. The Morgan fingerprint density at radius 2 is 2.15 bits per heavy atom. The SMILES string of the molecule is COCCN1C[C@]2(COCC1=O)CN(C(=O)c1ccc(C)o1)C[C@H]2N(C)C. The monoisotopic (exact) mass is 379 g/mol. The van der Waals surface area contributed by atoms with Gasteiger partial charge in [-0.05, 0) is 33.2 Å². The van der Waals surface area contributed by atoms with Gasteiger partial charge < -0.3 is 28.6 Å². The van der Waals surface area contributed by atoms with Gasteiger partial charge in [0.15, 0.2) is 5.76 Å². The molecule has 0 aliphatic carbocycles. The van der Waals surface area contributed by atoms with Gasteiger partial charge in [0.2, 0.25) is 5.91 Å². The highest BCUT2D eigenvalue weighted by molar-refractivity contribution is 5.92. The molecule has 3 heterocycles. The summed E-state index contributed by atoms with van der Waals surface area (Å²) >= 11 is 0. The number of likely N-dealkylation sites (tertiary alicyclic amines) is 1. The minimum Gasteiger partial charge on any atom is -0.456 e. The van der Waals surface area contributed by atoms with Crippen LogP contribution in [0.25, 0.3) is 0 Å². The van der Waals surface area contributed by atoms with Crippen LogP contribution < -0.4 is 0 Å². The van der Waals surface area contributed by atoms with Crippen molar-refractivity contribution in [2.24, 2.45) is 5.41 Å². The average molecular weight is 379 g/mol. The Bertz CT molecular complexity index is 689. The molecule has 1 aromatic heterocycles. The first-order chi connectivity index (χ1) is 12.9. The molecule has 2 fully saturated rings. The average Bonchev–Trinajstić information content (AvgIpc) is 3.18. The predicted octanol–water partition coefficient (Wildman–Crippen LogP) is 0.466. The van der Waals surface area contributed by atoms with Crippen LogP contribution in [0.2, 0.25) is 0 Å². The molecule has 2 aliphatic heterocycles. The zero-order chi connectivity index (χ0) is 19.6. The minimum absolute atomic E-state index is 0.0344. The van der Waals surface area contributed by atoms with E-state index in [0.29, 0.717) is 50.9 Å². The first-order valence-corrected chi connectivity index (χ1v) is 9.23. The molecular formula is C19H29N3O5. The van der Waals surface area contributed by atoms with Gasteiger partial charge in [-0.1, -0.05) is 0 Å². The summed E-state index contributed by atoms with van der Waals surface area (Å²) in [6, 6.07) is 3.58. The van der Waals surface area contributed by atoms with Crippen molar-refractivity contribution < 1.29 is 23.5 Å². The molecule has 8 heteroatoms. The standard InChI is InChI=1S/C19H29N3O5/c1-14-5-6-15(27-14)18(24)22-9-16(20(2)3)19(12-22)11-21(7-8-25-4)17(23)10-26-13-19/h5-6,16H,7-13H2,1-4H3/t16-,19-/m1/s1. The Morgan fingerprint density at radius 3 is 2.78 bits per heavy atom. The number of carbonyl (C=O) groups excluding carboxylic acids is 2. The first kappa shape index (κ1) is 19.9. The quantitative estimate of drug-likeness (QED) is 0.740. The number of methoxy groups -OCH3 is 1. The number of furan rings is 1. The molecule has 0 N–H and O–H groups in total. The summed E-state index contributed by atoms with van der Waals surface area (Å²) in [5, 5.41) is 0. The van der Waals surface area contributed by atoms with Gasteiger partial charge in [0.05, 0.1) is 13.2 Å². The maximum atomic E-state index is 12.9. The third-order valence-electron chi connectivity index (χ3n) is 5.51. The fourth-order valence-electron chi connectivity index (χ4n) is 4.17. The Hall–Kier alpha value is -1.90. The first-order valence-electron chi connectivity index (χ1n) is 9.23. The van der Waals surface area contributed by atoms with Gasteiger partial charge in [-0.2, -0.15) is 0 Å². The van der Waals surface area contributed by atoms with E-state index < -0.39 is 0 Å². The molecule has 150 valence electrons. The molecule has 0 unspecified atom stereocenters. The molecule has 0 radical (unpaired) electrons. The number of hydrogen-bond acceptors (Lipinski definition) is 6. The zero-order valence-corrected chi connectivity index (χ0v) is 16.6. The van der Waals surface area contributed by atoms with E-state index in [1.54, 1.807) is 24.1 Å². The van der Waals surface area contributed by atoms with E-state index in [1.165, 1.54) is 0 Å². The second-order valence-corrected chi connectivity index (χ2v) is 7.74. The van der Waals surface area contributed by atoms with Crippen LogP contribution in [-0.4, -0.2) is 99.8 Å². The highest BCUT2D eigenvalue weighted by atomic mass is 16.5. The number of likely N-dealkylation sites (N-methyl/N-ethyl adjacent to an activating group) is 1. The molecule has 1 spiro atoms. The third-order valence-corrected chi connectivity index (χ3v) is 5.51. The van der Waals surface area contributed by atoms with Crippen LogP contribution in [0.3, 0.4) is 0 Å². The summed E-state index contributed by atoms with van der Waals surface area (Å²) in [5.41, 5.74) is -0.347. The summed E-state index contributed by atoms with van der Waals surface area (Å²) in [5.74, 6) is 0.910. The topological polar surface area (TPSA) is 75.5 Å². The third kappa shape index (κ3) is 4.02. The van der Waals surface area contributed by atoms with Crippen LogP contribution in [0.1, 0.15) is 16.3 Å². The Kier molecular flexibility index (Phi) is 5.88. The molecule has 0 aromatic carbocycles. The number of rotatable bonds is 5. The van der Waals surface area contributed by atoms with Crippen LogP contribution in [0.5, 0.6) is 0 Å². The van der Waals surface area contributed by atoms with Gasteiger partial charge in [-0.25, -0.2) is 0 Å². The summed E-state index contributed by atoms with van der Waals surface area (Å²) in [4.78, 5) is 31.1. The molecule has 8 nitrogen and oxygen atoms in total. The summed E-state index contributed by atoms with van der Waals surface area (Å²) in [6.45, 7) is 4.95. The van der Waals surface area contributed by atoms with Crippen molar-refractivity contribution in [1.29, 1.82) is 0 Å². The Balaban J connectivity index is 1.84. The van der Waals surface area contributed by atoms with Crippen molar-refractivity contribution in [2.75, 3.05) is 67.2 Å². The highest BCUT2D eigenvalue weighted by Crippen LogP contribution is 2.37. The van der Waals surface area contributed by atoms with E-state index in [2.05, 4.69) is 4.90 Å². The number of carbonyl (C=O) groups is 2. The van der Waals surface area contributed by atoms with Crippen molar-refractivity contribution in [3.8, 4) is 0 Å². The smallest absolute Gasteiger partial charge is 0.289 e. The second kappa shape index (κ2) is 8.00. The lowest BCUT2D eigenvalue weighted by atomic mass is 9.82. The van der Waals surface area contributed by atoms with Crippen molar-refractivity contribution in [2.45, 2.75) is 13.0 Å². The van der Waals surface area contributed by atoms with Crippen molar-refractivity contribution in [3.63, 3.8) is 0 Å². The molecule has 2 saturated heterocycles. The lowest BCUT2D eigenvalue weighted by Gasteiger charge is -2.38. The van der Waals surface area contributed by atoms with Gasteiger partial charge in [-0.15, -0.1) is 0 Å². The molecule has 0 saturated carbocycles. The number of nitrogens with zero attached hydrogens (tertiary/aromatic N) is 3. The highest BCUT2D eigenvalue weighted by Gasteiger charge is 2.52. The van der Waals surface area contributed by atoms with E-state index in [4.69, 9.17) is 13.9 Å². The number of amides is 2. The Morgan fingerprint density at radius 1 is 1.37 bits per heavy atom. The van der Waals surface area contributed by atoms with Gasteiger partial charge in [0.25, 0.3) is 5.91 Å². The second-order valence-electron chi connectivity index (χ2n) is 7.74. The molecular weight excluding hydrogens is 350 g/mol. The maximum Gasteiger partial charge on any atom is 0.289 e. The van der Waals surface area contributed by atoms with Crippen LogP contribution in [0, 0.1) is 12.3 Å². The van der Waals surface area contributed by atoms with E-state index in [9.17, 15) is 9.59 Å². The predicted molar refractivity (Wildman–Crippen MR) is 98.5 cm³/mol. The number of aryl methyl sites for hydroxylation is 1. The van der Waals surface area contributed by atoms with Crippen LogP contribution in [0.15, 0.2) is 16.5 Å². The zero-order valence-electron chi connectivity index (χ0n) is 16.6. The molecule has 27 heavy (non-hydrogen) atoms. The van der Waals surface area contributed by atoms with Crippen molar-refractivity contribution >= 4 is 11.8 Å². The lowest BCUT2D eigenvalue weighted by Crippen LogP contribution is -2.52. The molecule has 1 aromatic rings. The fourth-order valence-corrected chi connectivity index (χ4v) is 4.17. The van der Waals surface area contributed by atoms with Crippen molar-refractivity contribution in [1.82, 2.24) is 14.7 Å². The molecule has 2 amide bonds. The minimum atomic E-state index is -0.347. The van der Waals surface area contributed by atoms with E-state index in [1.807, 2.05) is 25.9 Å². The molecule has 0 bridgehead atoms. The fraction of sp³-hybridized carbons (Fsp3) is 0.684. The van der Waals surface area contributed by atoms with Crippen LogP contribution >= 0.6 is 0 Å². The van der Waals surface area contributed by atoms with E-state index in [-0.39, 0.29) is 29.9 Å². The summed E-state index contributed by atoms with van der Waals surface area (Å²) in [6.07, 6.45) is 0. The van der Waals surface area contributed by atoms with E-state index >= 15 is 0 Å². The van der Waals surface area contributed by atoms with Gasteiger partial charge in [0.1, 0.15) is 12.4 Å². The van der Waals surface area contributed by atoms with Gasteiger partial charge in [0, 0.05) is 44.7 Å². The van der Waals surface area contributed by atoms with Crippen molar-refractivity contribution in [3.05, 3.63) is 23.7 Å². The van der Waals surface area contributed by atoms with E-state index in [0.717, 1.165) is 0 Å². The van der Waals surface area contributed by atoms with Crippen LogP contribution in [-0.2, 0) is 14.3 Å². The maximum absolute atomic E-state index is 12.9. The molecule has 3 rings (SSSR count). The van der Waals surface area contributed by atoms with Gasteiger partial charge >= 0.3 is 0 Å². The van der Waals surface area contributed by atoms with Gasteiger partial charge in [-0.3, -0.25) is 9.59 Å².